The molecule has 0 aliphatic heterocycles. The van der Waals surface area contributed by atoms with E-state index in [1.807, 2.05) is 48.5 Å². The number of fused-ring (bicyclic) bond motifs is 1. The lowest BCUT2D eigenvalue weighted by molar-refractivity contribution is -0.384. The van der Waals surface area contributed by atoms with Gasteiger partial charge >= 0.3 is 0 Å². The summed E-state index contributed by atoms with van der Waals surface area (Å²) in [6, 6.07) is 24.1. The van der Waals surface area contributed by atoms with Crippen molar-refractivity contribution >= 4 is 39.8 Å². The van der Waals surface area contributed by atoms with E-state index in [9.17, 15) is 14.9 Å². The van der Waals surface area contributed by atoms with Gasteiger partial charge in [-0.3, -0.25) is 19.9 Å². The van der Waals surface area contributed by atoms with Crippen LogP contribution in [-0.4, -0.2) is 20.8 Å². The molecular formula is C27H17ClN4O4. The fourth-order valence-electron chi connectivity index (χ4n) is 3.72. The number of benzene rings is 3. The molecule has 0 saturated carbocycles. The third-order valence-corrected chi connectivity index (χ3v) is 5.51. The summed E-state index contributed by atoms with van der Waals surface area (Å²) in [5, 5.41) is 15.3. The first kappa shape index (κ1) is 22.9. The number of nitro groups is 1. The molecule has 1 N–H and O–H groups in total. The number of ether oxygens (including phenoxy) is 1. The van der Waals surface area contributed by atoms with Gasteiger partial charge in [-0.25, -0.2) is 4.98 Å². The van der Waals surface area contributed by atoms with Crippen molar-refractivity contribution in [1.29, 1.82) is 0 Å². The molecule has 0 aliphatic rings. The largest absolute Gasteiger partial charge is 0.455 e. The van der Waals surface area contributed by atoms with Gasteiger partial charge in [0.2, 0.25) is 0 Å². The zero-order chi connectivity index (χ0) is 25.1. The number of carbonyl (C=O) groups excluding carboxylic acids is 1. The highest BCUT2D eigenvalue weighted by Crippen LogP contribution is 2.31. The van der Waals surface area contributed by atoms with Crippen molar-refractivity contribution in [2.24, 2.45) is 0 Å². The number of para-hydroxylation sites is 1. The van der Waals surface area contributed by atoms with Crippen LogP contribution < -0.4 is 10.1 Å². The van der Waals surface area contributed by atoms with Gasteiger partial charge in [-0.1, -0.05) is 60.1 Å². The molecule has 0 spiro atoms. The first-order valence-electron chi connectivity index (χ1n) is 10.8. The fourth-order valence-corrected chi connectivity index (χ4v) is 3.89. The van der Waals surface area contributed by atoms with Crippen LogP contribution in [0.15, 0.2) is 97.3 Å². The zero-order valence-electron chi connectivity index (χ0n) is 18.6. The van der Waals surface area contributed by atoms with Crippen LogP contribution in [0.25, 0.3) is 22.2 Å². The van der Waals surface area contributed by atoms with Crippen LogP contribution in [-0.2, 0) is 0 Å². The predicted octanol–water partition coefficient (Wildman–Crippen LogP) is 6.90. The minimum Gasteiger partial charge on any atom is -0.455 e. The van der Waals surface area contributed by atoms with Gasteiger partial charge in [0, 0.05) is 35.3 Å². The van der Waals surface area contributed by atoms with E-state index in [1.165, 1.54) is 36.7 Å². The fraction of sp³-hybridized carbons (Fsp3) is 0. The number of rotatable bonds is 6. The van der Waals surface area contributed by atoms with Crippen LogP contribution in [0.5, 0.6) is 11.5 Å². The number of carbonyl (C=O) groups is 1. The van der Waals surface area contributed by atoms with E-state index >= 15 is 0 Å². The molecule has 3 aromatic carbocycles. The second kappa shape index (κ2) is 9.81. The Hall–Kier alpha value is -4.82. The van der Waals surface area contributed by atoms with Crippen molar-refractivity contribution in [2.45, 2.75) is 0 Å². The molecule has 9 heteroatoms. The third kappa shape index (κ3) is 4.98. The average molecular weight is 497 g/mol. The van der Waals surface area contributed by atoms with Gasteiger partial charge in [-0.15, -0.1) is 0 Å². The van der Waals surface area contributed by atoms with Gasteiger partial charge in [0.25, 0.3) is 11.6 Å². The zero-order valence-corrected chi connectivity index (χ0v) is 19.3. The molecular weight excluding hydrogens is 480 g/mol. The minimum absolute atomic E-state index is 0.146. The monoisotopic (exact) mass is 496 g/mol. The van der Waals surface area contributed by atoms with Crippen molar-refractivity contribution < 1.29 is 14.5 Å². The molecule has 5 rings (SSSR count). The Kier molecular flexibility index (Phi) is 6.25. The minimum atomic E-state index is -0.561. The van der Waals surface area contributed by atoms with Crippen molar-refractivity contribution in [1.82, 2.24) is 9.97 Å². The number of nitro benzene ring substituents is 1. The summed E-state index contributed by atoms with van der Waals surface area (Å²) in [5.74, 6) is 0.00249. The number of hydrogen-bond donors (Lipinski definition) is 1. The van der Waals surface area contributed by atoms with Gasteiger partial charge in [0.15, 0.2) is 0 Å². The molecule has 1 amide bonds. The SMILES string of the molecule is O=C(Nc1cc(Oc2cncc(Cl)c2)cc([N+](=O)[O-])c1)c1cc(-c2ccccc2)nc2ccccc12. The third-order valence-electron chi connectivity index (χ3n) is 5.31. The van der Waals surface area contributed by atoms with Crippen LogP contribution in [0, 0.1) is 10.1 Å². The summed E-state index contributed by atoms with van der Waals surface area (Å²) in [5.41, 5.74) is 2.48. The van der Waals surface area contributed by atoms with Crippen LogP contribution >= 0.6 is 11.6 Å². The second-order valence-electron chi connectivity index (χ2n) is 7.81. The standard InChI is InChI=1S/C27H17ClN4O4/c28-18-10-22(16-29-15-18)36-21-12-19(11-20(13-21)32(34)35)30-27(33)24-14-26(17-6-2-1-3-7-17)31-25-9-5-4-8-23(24)25/h1-16H,(H,30,33). The molecule has 0 radical (unpaired) electrons. The molecule has 0 atom stereocenters. The van der Waals surface area contributed by atoms with Gasteiger partial charge in [-0.2, -0.15) is 0 Å². The Morgan fingerprint density at radius 1 is 0.917 bits per heavy atom. The van der Waals surface area contributed by atoms with Crippen LogP contribution in [0.1, 0.15) is 10.4 Å². The number of nitrogens with one attached hydrogen (secondary N) is 1. The van der Waals surface area contributed by atoms with E-state index in [0.29, 0.717) is 32.9 Å². The maximum atomic E-state index is 13.4. The number of anilines is 1. The molecule has 0 bridgehead atoms. The summed E-state index contributed by atoms with van der Waals surface area (Å²) < 4.78 is 5.71. The van der Waals surface area contributed by atoms with Gasteiger partial charge < -0.3 is 10.1 Å². The van der Waals surface area contributed by atoms with E-state index < -0.39 is 10.8 Å². The topological polar surface area (TPSA) is 107 Å². The summed E-state index contributed by atoms with van der Waals surface area (Å²) >= 11 is 5.95. The van der Waals surface area contributed by atoms with E-state index in [-0.39, 0.29) is 17.1 Å². The second-order valence-corrected chi connectivity index (χ2v) is 8.24. The molecule has 0 aliphatic carbocycles. The van der Waals surface area contributed by atoms with Crippen molar-refractivity contribution in [3.05, 3.63) is 118 Å². The van der Waals surface area contributed by atoms with Crippen molar-refractivity contribution in [2.75, 3.05) is 5.32 Å². The molecule has 8 nitrogen and oxygen atoms in total. The number of non-ortho nitro benzene ring substituents is 1. The Balaban J connectivity index is 1.52. The summed E-state index contributed by atoms with van der Waals surface area (Å²) in [7, 11) is 0. The number of nitrogens with zero attached hydrogens (tertiary/aromatic N) is 3. The van der Waals surface area contributed by atoms with E-state index in [1.54, 1.807) is 12.1 Å². The summed E-state index contributed by atoms with van der Waals surface area (Å²) in [6.45, 7) is 0. The number of halogens is 1. The highest BCUT2D eigenvalue weighted by atomic mass is 35.5. The summed E-state index contributed by atoms with van der Waals surface area (Å²) in [4.78, 5) is 33.0. The summed E-state index contributed by atoms with van der Waals surface area (Å²) in [6.07, 6.45) is 2.87. The first-order valence-corrected chi connectivity index (χ1v) is 11.2. The number of amides is 1. The molecule has 2 heterocycles. The maximum absolute atomic E-state index is 13.4. The lowest BCUT2D eigenvalue weighted by Crippen LogP contribution is -2.13. The lowest BCUT2D eigenvalue weighted by atomic mass is 10.0. The lowest BCUT2D eigenvalue weighted by Gasteiger charge is -2.12. The van der Waals surface area contributed by atoms with E-state index in [2.05, 4.69) is 10.3 Å². The molecule has 0 fully saturated rings. The Labute approximate surface area is 210 Å². The first-order chi connectivity index (χ1) is 17.5. The van der Waals surface area contributed by atoms with Gasteiger partial charge in [0.05, 0.1) is 44.7 Å². The van der Waals surface area contributed by atoms with Crippen molar-refractivity contribution in [3.8, 4) is 22.8 Å². The van der Waals surface area contributed by atoms with Crippen LogP contribution in [0.2, 0.25) is 5.02 Å². The Morgan fingerprint density at radius 3 is 2.47 bits per heavy atom. The number of pyridine rings is 2. The Morgan fingerprint density at radius 2 is 1.69 bits per heavy atom. The van der Waals surface area contributed by atoms with Gasteiger partial charge in [-0.05, 0) is 12.1 Å². The number of hydrogen-bond acceptors (Lipinski definition) is 6. The highest BCUT2D eigenvalue weighted by Gasteiger charge is 2.17. The molecule has 2 aromatic heterocycles. The quantitative estimate of drug-likeness (QED) is 0.202. The number of aromatic nitrogens is 2. The van der Waals surface area contributed by atoms with E-state index in [0.717, 1.165) is 5.56 Å². The maximum Gasteiger partial charge on any atom is 0.275 e. The molecule has 5 aromatic rings. The van der Waals surface area contributed by atoms with Crippen molar-refractivity contribution in [3.63, 3.8) is 0 Å². The van der Waals surface area contributed by atoms with Gasteiger partial charge in [0.1, 0.15) is 11.5 Å². The molecule has 36 heavy (non-hydrogen) atoms. The Bertz CT molecular complexity index is 1610. The van der Waals surface area contributed by atoms with Crippen LogP contribution in [0.3, 0.4) is 0 Å². The van der Waals surface area contributed by atoms with E-state index in [4.69, 9.17) is 21.3 Å². The smallest absolute Gasteiger partial charge is 0.275 e. The molecule has 0 unspecified atom stereocenters. The average Bonchev–Trinajstić information content (AvgIpc) is 2.88. The highest BCUT2D eigenvalue weighted by molar-refractivity contribution is 6.30. The predicted molar refractivity (Wildman–Crippen MR) is 138 cm³/mol. The molecule has 176 valence electrons. The molecule has 0 saturated heterocycles. The normalized spacial score (nSPS) is 10.7. The van der Waals surface area contributed by atoms with Crippen LogP contribution in [0.4, 0.5) is 11.4 Å².